The lowest BCUT2D eigenvalue weighted by Crippen LogP contribution is -2.45. The highest BCUT2D eigenvalue weighted by Gasteiger charge is 2.27. The minimum atomic E-state index is -0.749. The molecular weight excluding hydrogens is 242 g/mol. The SMILES string of the molecule is CCC(CO)(CO)Nc1ccc(N)c2cccnc12. The molecule has 1 aromatic heterocycles. The van der Waals surface area contributed by atoms with E-state index in [-0.39, 0.29) is 13.2 Å². The van der Waals surface area contributed by atoms with Crippen LogP contribution in [0.25, 0.3) is 10.9 Å². The number of fused-ring (bicyclic) bond motifs is 1. The van der Waals surface area contributed by atoms with Crippen LogP contribution in [0.2, 0.25) is 0 Å². The summed E-state index contributed by atoms with van der Waals surface area (Å²) in [5.74, 6) is 0. The Morgan fingerprint density at radius 3 is 2.63 bits per heavy atom. The Morgan fingerprint density at radius 2 is 2.00 bits per heavy atom. The first kappa shape index (κ1) is 13.6. The quantitative estimate of drug-likeness (QED) is 0.610. The third-order valence-electron chi connectivity index (χ3n) is 3.49. The summed E-state index contributed by atoms with van der Waals surface area (Å²) < 4.78 is 0. The zero-order valence-electron chi connectivity index (χ0n) is 10.9. The van der Waals surface area contributed by atoms with Crippen LogP contribution in [0, 0.1) is 0 Å². The van der Waals surface area contributed by atoms with Crippen LogP contribution in [0.3, 0.4) is 0 Å². The Hall–Kier alpha value is -1.85. The van der Waals surface area contributed by atoms with Crippen molar-refractivity contribution in [3.8, 4) is 0 Å². The van der Waals surface area contributed by atoms with Gasteiger partial charge in [-0.05, 0) is 30.7 Å². The van der Waals surface area contributed by atoms with Crippen molar-refractivity contribution in [1.82, 2.24) is 4.98 Å². The molecule has 1 aromatic carbocycles. The number of pyridine rings is 1. The lowest BCUT2D eigenvalue weighted by Gasteiger charge is -2.31. The highest BCUT2D eigenvalue weighted by Crippen LogP contribution is 2.29. The van der Waals surface area contributed by atoms with Crippen LogP contribution in [0.5, 0.6) is 0 Å². The van der Waals surface area contributed by atoms with E-state index in [0.717, 1.165) is 16.6 Å². The third-order valence-corrected chi connectivity index (χ3v) is 3.49. The Kier molecular flexibility index (Phi) is 3.87. The fraction of sp³-hybridized carbons (Fsp3) is 0.357. The number of nitrogens with two attached hydrogens (primary N) is 1. The number of nitrogens with zero attached hydrogens (tertiary/aromatic N) is 1. The Morgan fingerprint density at radius 1 is 1.26 bits per heavy atom. The summed E-state index contributed by atoms with van der Waals surface area (Å²) in [7, 11) is 0. The second kappa shape index (κ2) is 5.42. The first-order chi connectivity index (χ1) is 9.15. The van der Waals surface area contributed by atoms with E-state index in [1.54, 1.807) is 12.3 Å². The van der Waals surface area contributed by atoms with Crippen LogP contribution in [0.1, 0.15) is 13.3 Å². The normalized spacial score (nSPS) is 11.7. The summed E-state index contributed by atoms with van der Waals surface area (Å²) in [6.07, 6.45) is 2.29. The molecule has 0 radical (unpaired) electrons. The molecular formula is C14H19N3O2. The van der Waals surface area contributed by atoms with Crippen molar-refractivity contribution in [1.29, 1.82) is 0 Å². The van der Waals surface area contributed by atoms with Gasteiger partial charge in [-0.1, -0.05) is 6.92 Å². The average Bonchev–Trinajstić information content (AvgIpc) is 2.48. The molecule has 5 nitrogen and oxygen atoms in total. The number of aliphatic hydroxyl groups excluding tert-OH is 2. The van der Waals surface area contributed by atoms with E-state index in [4.69, 9.17) is 5.73 Å². The highest BCUT2D eigenvalue weighted by atomic mass is 16.3. The van der Waals surface area contributed by atoms with E-state index in [0.29, 0.717) is 12.1 Å². The van der Waals surface area contributed by atoms with E-state index in [9.17, 15) is 10.2 Å². The fourth-order valence-corrected chi connectivity index (χ4v) is 2.02. The molecule has 0 saturated carbocycles. The summed E-state index contributed by atoms with van der Waals surface area (Å²) in [4.78, 5) is 4.32. The van der Waals surface area contributed by atoms with Crippen molar-refractivity contribution >= 4 is 22.3 Å². The Labute approximate surface area is 112 Å². The maximum atomic E-state index is 9.50. The molecule has 0 amide bonds. The number of anilines is 2. The molecule has 0 bridgehead atoms. The van der Waals surface area contributed by atoms with Crippen molar-refractivity contribution in [2.45, 2.75) is 18.9 Å². The number of hydrogen-bond acceptors (Lipinski definition) is 5. The fourth-order valence-electron chi connectivity index (χ4n) is 2.02. The predicted octanol–water partition coefficient (Wildman–Crippen LogP) is 1.36. The van der Waals surface area contributed by atoms with E-state index in [1.165, 1.54) is 0 Å². The van der Waals surface area contributed by atoms with Crippen LogP contribution in [-0.2, 0) is 0 Å². The number of hydrogen-bond donors (Lipinski definition) is 4. The molecule has 5 N–H and O–H groups in total. The molecule has 0 spiro atoms. The lowest BCUT2D eigenvalue weighted by molar-refractivity contribution is 0.132. The number of rotatable bonds is 5. The van der Waals surface area contributed by atoms with Crippen LogP contribution in [-0.4, -0.2) is 33.9 Å². The number of nitrogens with one attached hydrogen (secondary N) is 1. The number of aliphatic hydroxyl groups is 2. The van der Waals surface area contributed by atoms with Gasteiger partial charge in [0, 0.05) is 17.3 Å². The molecule has 0 aliphatic rings. The molecule has 0 atom stereocenters. The van der Waals surface area contributed by atoms with Gasteiger partial charge >= 0.3 is 0 Å². The van der Waals surface area contributed by atoms with E-state index in [2.05, 4.69) is 10.3 Å². The van der Waals surface area contributed by atoms with Crippen molar-refractivity contribution in [2.24, 2.45) is 0 Å². The molecule has 0 fully saturated rings. The van der Waals surface area contributed by atoms with Crippen molar-refractivity contribution in [3.05, 3.63) is 30.5 Å². The second-order valence-corrected chi connectivity index (χ2v) is 4.68. The maximum Gasteiger partial charge on any atom is 0.0954 e. The lowest BCUT2D eigenvalue weighted by atomic mass is 9.97. The minimum absolute atomic E-state index is 0.154. The first-order valence-corrected chi connectivity index (χ1v) is 6.29. The summed E-state index contributed by atoms with van der Waals surface area (Å²) >= 11 is 0. The molecule has 2 rings (SSSR count). The van der Waals surface area contributed by atoms with E-state index >= 15 is 0 Å². The highest BCUT2D eigenvalue weighted by molar-refractivity contribution is 5.98. The van der Waals surface area contributed by atoms with Crippen molar-refractivity contribution in [2.75, 3.05) is 24.3 Å². The number of benzene rings is 1. The van der Waals surface area contributed by atoms with E-state index in [1.807, 2.05) is 25.1 Å². The zero-order valence-corrected chi connectivity index (χ0v) is 10.9. The largest absolute Gasteiger partial charge is 0.398 e. The molecule has 102 valence electrons. The smallest absolute Gasteiger partial charge is 0.0954 e. The Bertz CT molecular complexity index is 559. The minimum Gasteiger partial charge on any atom is -0.398 e. The summed E-state index contributed by atoms with van der Waals surface area (Å²) in [5.41, 5.74) is 7.32. The van der Waals surface area contributed by atoms with Crippen LogP contribution >= 0.6 is 0 Å². The van der Waals surface area contributed by atoms with Crippen LogP contribution < -0.4 is 11.1 Å². The van der Waals surface area contributed by atoms with E-state index < -0.39 is 5.54 Å². The van der Waals surface area contributed by atoms with Crippen LogP contribution in [0.15, 0.2) is 30.5 Å². The van der Waals surface area contributed by atoms with Gasteiger partial charge in [0.25, 0.3) is 0 Å². The van der Waals surface area contributed by atoms with Gasteiger partial charge in [-0.3, -0.25) is 4.98 Å². The molecule has 19 heavy (non-hydrogen) atoms. The predicted molar refractivity (Wildman–Crippen MR) is 77.0 cm³/mol. The maximum absolute atomic E-state index is 9.50. The van der Waals surface area contributed by atoms with Gasteiger partial charge in [-0.25, -0.2) is 0 Å². The van der Waals surface area contributed by atoms with Gasteiger partial charge in [0.05, 0.1) is 30.0 Å². The molecule has 0 unspecified atom stereocenters. The molecule has 2 aromatic rings. The summed E-state index contributed by atoms with van der Waals surface area (Å²) in [6, 6.07) is 7.34. The Balaban J connectivity index is 2.49. The zero-order chi connectivity index (χ0) is 13.9. The molecule has 0 aliphatic carbocycles. The van der Waals surface area contributed by atoms with Crippen molar-refractivity contribution < 1.29 is 10.2 Å². The standard InChI is InChI=1S/C14H19N3O2/c1-2-14(8-18,9-19)17-12-6-5-11(15)10-4-3-7-16-13(10)12/h3-7,17-19H,2,8-9,15H2,1H3. The third kappa shape index (κ3) is 2.47. The van der Waals surface area contributed by atoms with Gasteiger partial charge in [0.2, 0.25) is 0 Å². The second-order valence-electron chi connectivity index (χ2n) is 4.68. The number of aromatic nitrogens is 1. The molecule has 5 heteroatoms. The summed E-state index contributed by atoms with van der Waals surface area (Å²) in [6.45, 7) is 1.60. The van der Waals surface area contributed by atoms with Gasteiger partial charge in [-0.15, -0.1) is 0 Å². The molecule has 1 heterocycles. The van der Waals surface area contributed by atoms with Crippen LogP contribution in [0.4, 0.5) is 11.4 Å². The summed E-state index contributed by atoms with van der Waals surface area (Å²) in [5, 5.41) is 23.0. The first-order valence-electron chi connectivity index (χ1n) is 6.29. The molecule has 0 saturated heterocycles. The van der Waals surface area contributed by atoms with Gasteiger partial charge < -0.3 is 21.3 Å². The van der Waals surface area contributed by atoms with Gasteiger partial charge in [-0.2, -0.15) is 0 Å². The average molecular weight is 261 g/mol. The monoisotopic (exact) mass is 261 g/mol. The van der Waals surface area contributed by atoms with Gasteiger partial charge in [0.1, 0.15) is 0 Å². The number of nitrogen functional groups attached to an aromatic ring is 1. The topological polar surface area (TPSA) is 91.4 Å². The van der Waals surface area contributed by atoms with Crippen molar-refractivity contribution in [3.63, 3.8) is 0 Å². The van der Waals surface area contributed by atoms with Gasteiger partial charge in [0.15, 0.2) is 0 Å². The molecule has 0 aliphatic heterocycles.